The zero-order valence-corrected chi connectivity index (χ0v) is 10.9. The van der Waals surface area contributed by atoms with Gasteiger partial charge in [0.2, 0.25) is 5.91 Å². The second kappa shape index (κ2) is 6.91. The van der Waals surface area contributed by atoms with Gasteiger partial charge in [-0.1, -0.05) is 6.92 Å². The number of hydrogen-bond donors (Lipinski definition) is 2. The number of rotatable bonds is 5. The summed E-state index contributed by atoms with van der Waals surface area (Å²) in [5, 5.41) is 28.8. The Hall–Kier alpha value is -2.86. The van der Waals surface area contributed by atoms with Crippen LogP contribution in [0.4, 0.5) is 5.69 Å². The molecule has 1 unspecified atom stereocenters. The number of carbonyl (C=O) groups excluding carboxylic acids is 1. The highest BCUT2D eigenvalue weighted by molar-refractivity contribution is 5.91. The molecule has 0 bridgehead atoms. The van der Waals surface area contributed by atoms with Crippen molar-refractivity contribution in [1.82, 2.24) is 0 Å². The number of hydrogen-bond acceptors (Lipinski definition) is 4. The summed E-state index contributed by atoms with van der Waals surface area (Å²) in [4.78, 5) is 22.2. The number of aliphatic carboxylic acids is 1. The van der Waals surface area contributed by atoms with Crippen molar-refractivity contribution in [3.63, 3.8) is 0 Å². The van der Waals surface area contributed by atoms with Gasteiger partial charge in [-0.25, -0.2) is 0 Å². The van der Waals surface area contributed by atoms with Crippen LogP contribution in [-0.4, -0.2) is 17.0 Å². The molecule has 1 rings (SSSR count). The Morgan fingerprint density at radius 2 is 1.90 bits per heavy atom. The Bertz CT molecular complexity index is 611. The molecule has 1 amide bonds. The zero-order chi connectivity index (χ0) is 15.1. The number of nitrogens with one attached hydrogen (secondary N) is 1. The van der Waals surface area contributed by atoms with Crippen molar-refractivity contribution in [2.75, 3.05) is 5.32 Å². The van der Waals surface area contributed by atoms with E-state index in [1.54, 1.807) is 6.92 Å². The fraction of sp³-hybridized carbons (Fsp3) is 0.286. The standard InChI is InChI=1S/C14H13N3O3/c1-9(5-14(19)20)4-13(18)17-12-3-2-10(7-15)11(6-12)8-16/h2-3,6,9H,4-5H2,1H3,(H,17,18)(H,19,20). The number of anilines is 1. The lowest BCUT2D eigenvalue weighted by atomic mass is 10.0. The summed E-state index contributed by atoms with van der Waals surface area (Å²) in [6.45, 7) is 1.67. The van der Waals surface area contributed by atoms with Gasteiger partial charge in [-0.2, -0.15) is 10.5 Å². The van der Waals surface area contributed by atoms with Gasteiger partial charge >= 0.3 is 5.97 Å². The van der Waals surface area contributed by atoms with E-state index in [9.17, 15) is 9.59 Å². The third kappa shape index (κ3) is 4.43. The third-order valence-corrected chi connectivity index (χ3v) is 2.60. The van der Waals surface area contributed by atoms with Crippen molar-refractivity contribution in [3.05, 3.63) is 29.3 Å². The van der Waals surface area contributed by atoms with E-state index in [4.69, 9.17) is 15.6 Å². The third-order valence-electron chi connectivity index (χ3n) is 2.60. The number of carbonyl (C=O) groups is 2. The van der Waals surface area contributed by atoms with Crippen molar-refractivity contribution in [2.45, 2.75) is 19.8 Å². The molecule has 20 heavy (non-hydrogen) atoms. The summed E-state index contributed by atoms with van der Waals surface area (Å²) in [6, 6.07) is 8.15. The maximum Gasteiger partial charge on any atom is 0.303 e. The van der Waals surface area contributed by atoms with Crippen molar-refractivity contribution >= 4 is 17.6 Å². The van der Waals surface area contributed by atoms with Gasteiger partial charge < -0.3 is 10.4 Å². The van der Waals surface area contributed by atoms with Crippen LogP contribution in [0.3, 0.4) is 0 Å². The van der Waals surface area contributed by atoms with Crippen molar-refractivity contribution in [2.24, 2.45) is 5.92 Å². The normalized spacial score (nSPS) is 10.9. The van der Waals surface area contributed by atoms with Crippen LogP contribution < -0.4 is 5.32 Å². The topological polar surface area (TPSA) is 114 Å². The first-order chi connectivity index (χ1) is 9.46. The monoisotopic (exact) mass is 271 g/mol. The highest BCUT2D eigenvalue weighted by atomic mass is 16.4. The van der Waals surface area contributed by atoms with Crippen LogP contribution in [0.5, 0.6) is 0 Å². The van der Waals surface area contributed by atoms with E-state index < -0.39 is 5.97 Å². The fourth-order valence-electron chi connectivity index (χ4n) is 1.71. The lowest BCUT2D eigenvalue weighted by Gasteiger charge is -2.09. The maximum absolute atomic E-state index is 11.7. The van der Waals surface area contributed by atoms with Crippen molar-refractivity contribution in [1.29, 1.82) is 10.5 Å². The van der Waals surface area contributed by atoms with Gasteiger partial charge in [0.05, 0.1) is 11.1 Å². The van der Waals surface area contributed by atoms with Crippen molar-refractivity contribution < 1.29 is 14.7 Å². The molecular weight excluding hydrogens is 258 g/mol. The Labute approximate surface area is 116 Å². The van der Waals surface area contributed by atoms with Crippen LogP contribution in [0, 0.1) is 28.6 Å². The predicted molar refractivity (Wildman–Crippen MR) is 70.5 cm³/mol. The Morgan fingerprint density at radius 1 is 1.25 bits per heavy atom. The molecule has 0 saturated heterocycles. The van der Waals surface area contributed by atoms with Crippen LogP contribution in [0.1, 0.15) is 30.9 Å². The number of nitrogens with zero attached hydrogens (tertiary/aromatic N) is 2. The summed E-state index contributed by atoms with van der Waals surface area (Å²) in [5.41, 5.74) is 0.835. The predicted octanol–water partition coefficient (Wildman–Crippen LogP) is 1.87. The zero-order valence-electron chi connectivity index (χ0n) is 10.9. The molecule has 0 aliphatic heterocycles. The van der Waals surface area contributed by atoms with E-state index in [0.717, 1.165) is 0 Å². The lowest BCUT2D eigenvalue weighted by Crippen LogP contribution is -2.17. The summed E-state index contributed by atoms with van der Waals surface area (Å²) in [5.74, 6) is -1.55. The van der Waals surface area contributed by atoms with E-state index in [-0.39, 0.29) is 35.8 Å². The highest BCUT2D eigenvalue weighted by Crippen LogP contribution is 2.16. The van der Waals surface area contributed by atoms with E-state index in [1.165, 1.54) is 18.2 Å². The largest absolute Gasteiger partial charge is 0.481 e. The molecule has 0 fully saturated rings. The van der Waals surface area contributed by atoms with Gasteiger partial charge in [0, 0.05) is 18.5 Å². The summed E-state index contributed by atoms with van der Waals surface area (Å²) < 4.78 is 0. The number of amides is 1. The van der Waals surface area contributed by atoms with Crippen LogP contribution in [0.25, 0.3) is 0 Å². The van der Waals surface area contributed by atoms with Gasteiger partial charge in [0.25, 0.3) is 0 Å². The average Bonchev–Trinajstić information content (AvgIpc) is 2.37. The molecule has 2 N–H and O–H groups in total. The molecular formula is C14H13N3O3. The number of nitriles is 2. The molecule has 1 atom stereocenters. The van der Waals surface area contributed by atoms with E-state index in [0.29, 0.717) is 5.69 Å². The molecule has 0 aromatic heterocycles. The first-order valence-electron chi connectivity index (χ1n) is 5.92. The van der Waals surface area contributed by atoms with E-state index in [1.807, 2.05) is 12.1 Å². The quantitative estimate of drug-likeness (QED) is 0.848. The Morgan fingerprint density at radius 3 is 2.45 bits per heavy atom. The molecule has 6 heteroatoms. The Balaban J connectivity index is 2.70. The molecule has 6 nitrogen and oxygen atoms in total. The minimum absolute atomic E-state index is 0.0776. The minimum Gasteiger partial charge on any atom is -0.481 e. The summed E-state index contributed by atoms with van der Waals surface area (Å²) in [6.07, 6.45) is -0.00156. The van der Waals surface area contributed by atoms with Crippen LogP contribution in [0.15, 0.2) is 18.2 Å². The molecule has 0 aliphatic rings. The first kappa shape index (κ1) is 15.2. The SMILES string of the molecule is CC(CC(=O)O)CC(=O)Nc1ccc(C#N)c(C#N)c1. The van der Waals surface area contributed by atoms with Crippen LogP contribution in [0.2, 0.25) is 0 Å². The molecule has 0 radical (unpaired) electrons. The molecule has 0 saturated carbocycles. The lowest BCUT2D eigenvalue weighted by molar-refractivity contribution is -0.138. The molecule has 0 spiro atoms. The van der Waals surface area contributed by atoms with Crippen LogP contribution >= 0.6 is 0 Å². The Kier molecular flexibility index (Phi) is 5.25. The second-order valence-corrected chi connectivity index (χ2v) is 4.44. The number of benzene rings is 1. The molecule has 102 valence electrons. The van der Waals surface area contributed by atoms with Crippen molar-refractivity contribution in [3.8, 4) is 12.1 Å². The summed E-state index contributed by atoms with van der Waals surface area (Å²) >= 11 is 0. The fourth-order valence-corrected chi connectivity index (χ4v) is 1.71. The molecule has 1 aromatic rings. The van der Waals surface area contributed by atoms with Gasteiger partial charge in [-0.3, -0.25) is 9.59 Å². The van der Waals surface area contributed by atoms with Crippen LogP contribution in [-0.2, 0) is 9.59 Å². The average molecular weight is 271 g/mol. The number of carboxylic acids is 1. The molecule has 1 aromatic carbocycles. The van der Waals surface area contributed by atoms with Gasteiger partial charge in [0.15, 0.2) is 0 Å². The van der Waals surface area contributed by atoms with E-state index >= 15 is 0 Å². The molecule has 0 aliphatic carbocycles. The second-order valence-electron chi connectivity index (χ2n) is 4.44. The number of carboxylic acid groups (broad SMARTS) is 1. The smallest absolute Gasteiger partial charge is 0.303 e. The van der Waals surface area contributed by atoms with Gasteiger partial charge in [0.1, 0.15) is 12.1 Å². The summed E-state index contributed by atoms with van der Waals surface area (Å²) in [7, 11) is 0. The van der Waals surface area contributed by atoms with Gasteiger partial charge in [-0.15, -0.1) is 0 Å². The van der Waals surface area contributed by atoms with Gasteiger partial charge in [-0.05, 0) is 24.1 Å². The molecule has 0 heterocycles. The minimum atomic E-state index is -0.949. The van der Waals surface area contributed by atoms with E-state index in [2.05, 4.69) is 5.32 Å². The maximum atomic E-state index is 11.7. The first-order valence-corrected chi connectivity index (χ1v) is 5.92. The highest BCUT2D eigenvalue weighted by Gasteiger charge is 2.13.